The van der Waals surface area contributed by atoms with Gasteiger partial charge in [-0.3, -0.25) is 0 Å². The van der Waals surface area contributed by atoms with Crippen molar-refractivity contribution in [2.45, 2.75) is 61.4 Å². The molecule has 0 amide bonds. The van der Waals surface area contributed by atoms with Gasteiger partial charge in [-0.25, -0.2) is 0 Å². The summed E-state index contributed by atoms with van der Waals surface area (Å²) in [4.78, 5) is 4.91. The van der Waals surface area contributed by atoms with E-state index in [0.29, 0.717) is 11.1 Å². The van der Waals surface area contributed by atoms with Crippen LogP contribution in [-0.4, -0.2) is 6.04 Å². The number of benzene rings is 8. The molecule has 2 unspecified atom stereocenters. The SMILES string of the molecule is Cc1cc(C)cc(-c2ccc(N(C3=C4C=CC5=C6C(=CC=C(C=C3)C46)C(N(c3ccc(C#N)cc3)c3ccc(-c4cc(C)cc(C)c4)cc3-c3cc(C)cc(C)c3)C=C5)c3ccc(C#N)cc3)c(-c3cc(C)cc(C)c3)c2)c1. The molecule has 4 aliphatic rings. The van der Waals surface area contributed by atoms with E-state index < -0.39 is 0 Å². The van der Waals surface area contributed by atoms with Crippen LogP contribution >= 0.6 is 0 Å². The molecular weight excluding hydrogens is 945 g/mol. The first-order valence-corrected chi connectivity index (χ1v) is 27.0. The van der Waals surface area contributed by atoms with Crippen molar-refractivity contribution < 1.29 is 0 Å². The highest BCUT2D eigenvalue weighted by Crippen LogP contribution is 2.53. The summed E-state index contributed by atoms with van der Waals surface area (Å²) in [6, 6.07) is 61.8. The van der Waals surface area contributed by atoms with Crippen LogP contribution in [0.1, 0.15) is 55.6 Å². The second-order valence-corrected chi connectivity index (χ2v) is 21.9. The summed E-state index contributed by atoms with van der Waals surface area (Å²) >= 11 is 0. The lowest BCUT2D eigenvalue weighted by atomic mass is 9.67. The van der Waals surface area contributed by atoms with Gasteiger partial charge in [0.25, 0.3) is 0 Å². The Morgan fingerprint density at radius 1 is 0.397 bits per heavy atom. The molecule has 0 saturated heterocycles. The molecule has 0 fully saturated rings. The van der Waals surface area contributed by atoms with Gasteiger partial charge in [-0.1, -0.05) is 172 Å². The highest BCUT2D eigenvalue weighted by molar-refractivity contribution is 5.92. The maximum Gasteiger partial charge on any atom is 0.0991 e. The fourth-order valence-corrected chi connectivity index (χ4v) is 12.6. The van der Waals surface area contributed by atoms with Gasteiger partial charge in [0.05, 0.1) is 40.7 Å². The number of aryl methyl sites for hydroxylation is 8. The minimum atomic E-state index is -0.211. The van der Waals surface area contributed by atoms with Crippen molar-refractivity contribution in [1.82, 2.24) is 0 Å². The van der Waals surface area contributed by atoms with Crippen LogP contribution in [0.2, 0.25) is 0 Å². The molecule has 0 aromatic heterocycles. The van der Waals surface area contributed by atoms with Crippen molar-refractivity contribution in [2.24, 2.45) is 5.92 Å². The van der Waals surface area contributed by atoms with Crippen LogP contribution in [0.4, 0.5) is 22.7 Å². The van der Waals surface area contributed by atoms with Crippen LogP contribution in [-0.2, 0) is 0 Å². The van der Waals surface area contributed by atoms with E-state index in [-0.39, 0.29) is 12.0 Å². The average Bonchev–Trinajstić information content (AvgIpc) is 3.44. The molecule has 0 aliphatic heterocycles. The molecule has 0 heterocycles. The Hall–Kier alpha value is -9.48. The zero-order valence-electron chi connectivity index (χ0n) is 45.6. The Kier molecular flexibility index (Phi) is 12.6. The van der Waals surface area contributed by atoms with Crippen LogP contribution in [0.5, 0.6) is 0 Å². The summed E-state index contributed by atoms with van der Waals surface area (Å²) < 4.78 is 0. The van der Waals surface area contributed by atoms with Gasteiger partial charge in [0.2, 0.25) is 0 Å². The molecule has 8 aromatic rings. The monoisotopic (exact) mass is 1000 g/mol. The number of anilines is 4. The molecule has 4 heteroatoms. The predicted octanol–water partition coefficient (Wildman–Crippen LogP) is 18.7. The van der Waals surface area contributed by atoms with Crippen LogP contribution in [0.15, 0.2) is 240 Å². The first-order valence-electron chi connectivity index (χ1n) is 27.0. The summed E-state index contributed by atoms with van der Waals surface area (Å²) in [6.07, 6.45) is 18.6. The van der Waals surface area contributed by atoms with E-state index in [9.17, 15) is 10.5 Å². The second kappa shape index (κ2) is 19.9. The normalized spacial score (nSPS) is 15.8. The summed E-state index contributed by atoms with van der Waals surface area (Å²) in [5, 5.41) is 20.1. The minimum absolute atomic E-state index is 0.0637. The van der Waals surface area contributed by atoms with Crippen LogP contribution in [0.3, 0.4) is 0 Å². The van der Waals surface area contributed by atoms with Gasteiger partial charge in [-0.05, 0) is 196 Å². The molecule has 12 rings (SSSR count). The Morgan fingerprint density at radius 2 is 0.859 bits per heavy atom. The van der Waals surface area contributed by atoms with Gasteiger partial charge in [0.1, 0.15) is 0 Å². The Bertz CT molecular complexity index is 4050. The third-order valence-electron chi connectivity index (χ3n) is 15.7. The average molecular weight is 1010 g/mol. The summed E-state index contributed by atoms with van der Waals surface area (Å²) in [6.45, 7) is 17.4. The molecule has 4 aliphatic carbocycles. The van der Waals surface area contributed by atoms with Gasteiger partial charge in [-0.2, -0.15) is 10.5 Å². The topological polar surface area (TPSA) is 54.1 Å². The number of nitrogens with zero attached hydrogens (tertiary/aromatic N) is 4. The molecule has 8 aromatic carbocycles. The predicted molar refractivity (Wildman–Crippen MR) is 324 cm³/mol. The fourth-order valence-electron chi connectivity index (χ4n) is 12.6. The van der Waals surface area contributed by atoms with Gasteiger partial charge in [0, 0.05) is 34.1 Å². The van der Waals surface area contributed by atoms with Crippen molar-refractivity contribution in [2.75, 3.05) is 9.80 Å². The van der Waals surface area contributed by atoms with Crippen LogP contribution in [0.25, 0.3) is 44.5 Å². The Balaban J connectivity index is 1.04. The quantitative estimate of drug-likeness (QED) is 0.137. The van der Waals surface area contributed by atoms with Gasteiger partial charge in [0.15, 0.2) is 0 Å². The minimum Gasteiger partial charge on any atom is -0.330 e. The summed E-state index contributed by atoms with van der Waals surface area (Å²) in [7, 11) is 0. The third-order valence-corrected chi connectivity index (χ3v) is 15.7. The molecule has 0 radical (unpaired) electrons. The molecule has 0 N–H and O–H groups in total. The molecule has 78 heavy (non-hydrogen) atoms. The fraction of sp³-hybridized carbons (Fsp3) is 0.135. The molecule has 376 valence electrons. The molecule has 4 nitrogen and oxygen atoms in total. The molecular formula is C74H60N4. The van der Waals surface area contributed by atoms with Crippen LogP contribution < -0.4 is 9.80 Å². The van der Waals surface area contributed by atoms with Crippen LogP contribution in [0, 0.1) is 84.0 Å². The second-order valence-electron chi connectivity index (χ2n) is 21.9. The number of nitriles is 2. The van der Waals surface area contributed by atoms with E-state index in [0.717, 1.165) is 61.8 Å². The summed E-state index contributed by atoms with van der Waals surface area (Å²) in [5.41, 5.74) is 31.6. The first-order chi connectivity index (χ1) is 37.8. The van der Waals surface area contributed by atoms with E-state index >= 15 is 0 Å². The van der Waals surface area contributed by atoms with Crippen molar-refractivity contribution in [1.29, 1.82) is 10.5 Å². The van der Waals surface area contributed by atoms with Gasteiger partial charge in [-0.15, -0.1) is 0 Å². The van der Waals surface area contributed by atoms with E-state index in [2.05, 4.69) is 259 Å². The highest BCUT2D eigenvalue weighted by Gasteiger charge is 2.40. The molecule has 2 atom stereocenters. The third kappa shape index (κ3) is 9.16. The van der Waals surface area contributed by atoms with Crippen molar-refractivity contribution >= 4 is 22.7 Å². The van der Waals surface area contributed by atoms with Crippen molar-refractivity contribution in [3.63, 3.8) is 0 Å². The number of rotatable bonds is 10. The number of hydrogen-bond donors (Lipinski definition) is 0. The first kappa shape index (κ1) is 49.4. The Morgan fingerprint density at radius 3 is 1.36 bits per heavy atom. The maximum absolute atomic E-state index is 10.1. The smallest absolute Gasteiger partial charge is 0.0991 e. The molecule has 0 bridgehead atoms. The summed E-state index contributed by atoms with van der Waals surface area (Å²) in [5.74, 6) is -0.0637. The Labute approximate surface area is 460 Å². The van der Waals surface area contributed by atoms with E-state index in [1.54, 1.807) is 0 Å². The van der Waals surface area contributed by atoms with Crippen molar-refractivity contribution in [3.05, 3.63) is 296 Å². The molecule has 0 saturated carbocycles. The van der Waals surface area contributed by atoms with Gasteiger partial charge < -0.3 is 9.80 Å². The van der Waals surface area contributed by atoms with E-state index in [4.69, 9.17) is 0 Å². The molecule has 0 spiro atoms. The maximum atomic E-state index is 10.1. The number of hydrogen-bond acceptors (Lipinski definition) is 4. The zero-order valence-corrected chi connectivity index (χ0v) is 45.6. The van der Waals surface area contributed by atoms with E-state index in [1.807, 2.05) is 24.3 Å². The standard InChI is InChI=1S/C74H60N4/c1-45-29-46(2)34-59(33-45)57-17-27-71(67(41-57)61-37-49(5)31-50(6)38-61)77(63-19-9-53(43-75)10-20-63)69-25-15-55-14-24-66-70(26-16-56-13-23-65(69)73(55)74(56)66)78(64-21-11-54(44-76)12-22-64)72-28-18-58(60-35-47(3)30-48(4)36-60)42-68(72)62-39-51(7)32-52(8)40-62/h9-42,69,74H,1-8H3. The number of allylic oxidation sites excluding steroid dienone is 10. The lowest BCUT2D eigenvalue weighted by molar-refractivity contribution is 0.773. The lowest BCUT2D eigenvalue weighted by Gasteiger charge is -2.44. The zero-order chi connectivity index (χ0) is 53.9. The lowest BCUT2D eigenvalue weighted by Crippen LogP contribution is -2.37. The van der Waals surface area contributed by atoms with Gasteiger partial charge >= 0.3 is 0 Å². The largest absolute Gasteiger partial charge is 0.330 e. The van der Waals surface area contributed by atoms with Crippen molar-refractivity contribution in [3.8, 4) is 56.6 Å². The van der Waals surface area contributed by atoms with E-state index in [1.165, 1.54) is 83.5 Å². The highest BCUT2D eigenvalue weighted by atomic mass is 15.2.